The number of carboxylic acids is 2. The zero-order chi connectivity index (χ0) is 24.9. The summed E-state index contributed by atoms with van der Waals surface area (Å²) in [5, 5.41) is 18.3. The predicted octanol–water partition coefficient (Wildman–Crippen LogP) is 3.77. The summed E-state index contributed by atoms with van der Waals surface area (Å²) in [4.78, 5) is 18.2. The lowest BCUT2D eigenvalue weighted by atomic mass is 9.92. The lowest BCUT2D eigenvalue weighted by molar-refractivity contribution is -0.159. The molecule has 34 heavy (non-hydrogen) atoms. The van der Waals surface area contributed by atoms with Gasteiger partial charge in [-0.1, -0.05) is 24.3 Å². The molecule has 0 amide bonds. The number of nitrogens with one attached hydrogen (secondary N) is 1. The molecule has 0 fully saturated rings. The normalized spacial score (nSPS) is 11.0. The van der Waals surface area contributed by atoms with Gasteiger partial charge >= 0.3 is 11.9 Å². The molecule has 0 radical (unpaired) electrons. The van der Waals surface area contributed by atoms with E-state index in [0.29, 0.717) is 0 Å². The number of para-hydroxylation sites is 1. The lowest BCUT2D eigenvalue weighted by Gasteiger charge is -2.18. The van der Waals surface area contributed by atoms with E-state index in [0.717, 1.165) is 53.6 Å². The SMILES string of the molecule is COc1ccc(CNCCC(c2ccco2)c2ccccc2OC)cc1OC.O=C(O)C(=O)O. The zero-order valence-corrected chi connectivity index (χ0v) is 19.3. The number of furan rings is 1. The van der Waals surface area contributed by atoms with Gasteiger partial charge < -0.3 is 34.2 Å². The first kappa shape index (κ1) is 26.3. The van der Waals surface area contributed by atoms with Crippen molar-refractivity contribution in [3.05, 3.63) is 77.7 Å². The maximum Gasteiger partial charge on any atom is 0.414 e. The van der Waals surface area contributed by atoms with Gasteiger partial charge in [0.15, 0.2) is 11.5 Å². The fourth-order valence-corrected chi connectivity index (χ4v) is 3.36. The Hall–Kier alpha value is -3.98. The average molecular weight is 472 g/mol. The quantitative estimate of drug-likeness (QED) is 0.299. The van der Waals surface area contributed by atoms with Crippen molar-refractivity contribution in [3.8, 4) is 17.2 Å². The molecule has 1 unspecified atom stereocenters. The molecule has 0 saturated heterocycles. The fourth-order valence-electron chi connectivity index (χ4n) is 3.36. The maximum absolute atomic E-state index is 9.10. The Labute approximate surface area is 197 Å². The van der Waals surface area contributed by atoms with Crippen molar-refractivity contribution in [2.75, 3.05) is 27.9 Å². The monoisotopic (exact) mass is 471 g/mol. The third-order valence-corrected chi connectivity index (χ3v) is 4.97. The molecule has 0 aliphatic carbocycles. The standard InChI is InChI=1S/C23H27NO4.C2H2O4/c1-25-20-8-5-4-7-18(20)19(21-9-6-14-28-21)12-13-24-16-17-10-11-22(26-2)23(15-17)27-3;3-1(4)2(5)6/h4-11,14-15,19,24H,12-13,16H2,1-3H3;(H,3,4)(H,5,6). The van der Waals surface area contributed by atoms with Crippen LogP contribution in [0.3, 0.4) is 0 Å². The van der Waals surface area contributed by atoms with Crippen LogP contribution in [-0.2, 0) is 16.1 Å². The highest BCUT2D eigenvalue weighted by Gasteiger charge is 2.20. The van der Waals surface area contributed by atoms with Gasteiger partial charge in [0.1, 0.15) is 11.5 Å². The highest BCUT2D eigenvalue weighted by molar-refractivity contribution is 6.27. The molecule has 1 atom stereocenters. The molecule has 9 nitrogen and oxygen atoms in total. The van der Waals surface area contributed by atoms with Gasteiger partial charge in [0.05, 0.1) is 27.6 Å². The maximum atomic E-state index is 9.10. The van der Waals surface area contributed by atoms with E-state index < -0.39 is 11.9 Å². The van der Waals surface area contributed by atoms with Crippen LogP contribution < -0.4 is 19.5 Å². The highest BCUT2D eigenvalue weighted by atomic mass is 16.5. The molecular weight excluding hydrogens is 442 g/mol. The summed E-state index contributed by atoms with van der Waals surface area (Å²) in [6, 6.07) is 18.0. The number of rotatable bonds is 10. The summed E-state index contributed by atoms with van der Waals surface area (Å²) in [6.45, 7) is 1.58. The van der Waals surface area contributed by atoms with Crippen molar-refractivity contribution in [2.24, 2.45) is 0 Å². The second-order valence-corrected chi connectivity index (χ2v) is 7.08. The van der Waals surface area contributed by atoms with E-state index in [2.05, 4.69) is 11.4 Å². The molecule has 1 aromatic heterocycles. The van der Waals surface area contributed by atoms with Crippen LogP contribution in [0.25, 0.3) is 0 Å². The van der Waals surface area contributed by atoms with E-state index in [1.54, 1.807) is 27.6 Å². The van der Waals surface area contributed by atoms with Crippen LogP contribution in [0.15, 0.2) is 65.3 Å². The summed E-state index contributed by atoms with van der Waals surface area (Å²) < 4.78 is 21.9. The lowest BCUT2D eigenvalue weighted by Crippen LogP contribution is -2.18. The number of carbonyl (C=O) groups is 2. The van der Waals surface area contributed by atoms with Crippen LogP contribution >= 0.6 is 0 Å². The predicted molar refractivity (Wildman–Crippen MR) is 125 cm³/mol. The minimum atomic E-state index is -1.82. The second-order valence-electron chi connectivity index (χ2n) is 7.08. The zero-order valence-electron chi connectivity index (χ0n) is 19.3. The van der Waals surface area contributed by atoms with Gasteiger partial charge in [-0.2, -0.15) is 0 Å². The molecule has 0 bridgehead atoms. The van der Waals surface area contributed by atoms with Crippen molar-refractivity contribution in [1.29, 1.82) is 0 Å². The van der Waals surface area contributed by atoms with E-state index in [1.165, 1.54) is 0 Å². The molecule has 9 heteroatoms. The van der Waals surface area contributed by atoms with Gasteiger partial charge in [-0.3, -0.25) is 0 Å². The van der Waals surface area contributed by atoms with E-state index in [1.807, 2.05) is 48.5 Å². The van der Waals surface area contributed by atoms with Crippen molar-refractivity contribution in [3.63, 3.8) is 0 Å². The Balaban J connectivity index is 0.000000604. The molecule has 2 aromatic carbocycles. The molecule has 3 N–H and O–H groups in total. The summed E-state index contributed by atoms with van der Waals surface area (Å²) in [7, 11) is 4.99. The van der Waals surface area contributed by atoms with Gasteiger partial charge in [0.2, 0.25) is 0 Å². The van der Waals surface area contributed by atoms with Crippen molar-refractivity contribution in [2.45, 2.75) is 18.9 Å². The number of aliphatic carboxylic acids is 2. The molecule has 0 aliphatic rings. The third kappa shape index (κ3) is 7.56. The molecule has 0 spiro atoms. The smallest absolute Gasteiger partial charge is 0.414 e. The molecule has 0 saturated carbocycles. The topological polar surface area (TPSA) is 127 Å². The Morgan fingerprint density at radius 1 is 0.882 bits per heavy atom. The van der Waals surface area contributed by atoms with Crippen molar-refractivity contribution >= 4 is 11.9 Å². The largest absolute Gasteiger partial charge is 0.496 e. The molecular formula is C25H29NO8. The fraction of sp³-hybridized carbons (Fsp3) is 0.280. The van der Waals surface area contributed by atoms with Crippen LogP contribution in [0.1, 0.15) is 29.2 Å². The van der Waals surface area contributed by atoms with Gasteiger partial charge in [0, 0.05) is 18.0 Å². The minimum absolute atomic E-state index is 0.129. The second kappa shape index (κ2) is 13.5. The molecule has 0 aliphatic heterocycles. The number of methoxy groups -OCH3 is 3. The van der Waals surface area contributed by atoms with Crippen LogP contribution in [0.5, 0.6) is 17.2 Å². The third-order valence-electron chi connectivity index (χ3n) is 4.97. The van der Waals surface area contributed by atoms with E-state index in [9.17, 15) is 0 Å². The molecule has 3 aromatic rings. The number of hydrogen-bond acceptors (Lipinski definition) is 7. The summed E-state index contributed by atoms with van der Waals surface area (Å²) in [6.07, 6.45) is 2.61. The number of carboxylic acid groups (broad SMARTS) is 2. The van der Waals surface area contributed by atoms with Gasteiger partial charge in [-0.05, 0) is 48.9 Å². The first-order valence-electron chi connectivity index (χ1n) is 10.4. The Morgan fingerprint density at radius 2 is 1.56 bits per heavy atom. The van der Waals surface area contributed by atoms with Crippen LogP contribution in [0.4, 0.5) is 0 Å². The molecule has 1 heterocycles. The number of ether oxygens (including phenoxy) is 3. The summed E-state index contributed by atoms with van der Waals surface area (Å²) in [5.74, 6) is -0.222. The molecule has 3 rings (SSSR count). The summed E-state index contributed by atoms with van der Waals surface area (Å²) in [5.41, 5.74) is 2.28. The van der Waals surface area contributed by atoms with Crippen molar-refractivity contribution < 1.29 is 38.4 Å². The van der Waals surface area contributed by atoms with Gasteiger partial charge in [-0.15, -0.1) is 0 Å². The van der Waals surface area contributed by atoms with Crippen LogP contribution in [-0.4, -0.2) is 50.0 Å². The first-order chi connectivity index (χ1) is 16.4. The van der Waals surface area contributed by atoms with Gasteiger partial charge in [0.25, 0.3) is 0 Å². The van der Waals surface area contributed by atoms with Crippen molar-refractivity contribution in [1.82, 2.24) is 5.32 Å². The Morgan fingerprint density at radius 3 is 2.15 bits per heavy atom. The average Bonchev–Trinajstić information content (AvgIpc) is 3.39. The van der Waals surface area contributed by atoms with Gasteiger partial charge in [-0.25, -0.2) is 9.59 Å². The first-order valence-corrected chi connectivity index (χ1v) is 10.4. The Kier molecular flexibility index (Phi) is 10.5. The van der Waals surface area contributed by atoms with E-state index in [-0.39, 0.29) is 5.92 Å². The van der Waals surface area contributed by atoms with Crippen LogP contribution in [0.2, 0.25) is 0 Å². The highest BCUT2D eigenvalue weighted by Crippen LogP contribution is 2.34. The van der Waals surface area contributed by atoms with Crippen LogP contribution in [0, 0.1) is 0 Å². The van der Waals surface area contributed by atoms with E-state index in [4.69, 9.17) is 38.4 Å². The van der Waals surface area contributed by atoms with E-state index >= 15 is 0 Å². The Bertz CT molecular complexity index is 1040. The number of benzene rings is 2. The summed E-state index contributed by atoms with van der Waals surface area (Å²) >= 11 is 0. The number of hydrogen-bond donors (Lipinski definition) is 3. The minimum Gasteiger partial charge on any atom is -0.496 e. The molecule has 182 valence electrons.